The number of hydrogen-bond donors (Lipinski definition) is 0. The molecule has 4 aromatic carbocycles. The van der Waals surface area contributed by atoms with Gasteiger partial charge in [-0.15, -0.1) is 66.6 Å². The molecule has 4 aromatic rings. The second kappa shape index (κ2) is 21.3. The molecule has 2 aliphatic carbocycles. The molecule has 0 bridgehead atoms. The predicted octanol–water partition coefficient (Wildman–Crippen LogP) is 12.3. The van der Waals surface area contributed by atoms with Crippen LogP contribution in [0.3, 0.4) is 0 Å². The van der Waals surface area contributed by atoms with Gasteiger partial charge in [0.25, 0.3) is 0 Å². The van der Waals surface area contributed by atoms with Gasteiger partial charge in [0.2, 0.25) is 0 Å². The number of halogens is 2. The third-order valence-corrected chi connectivity index (χ3v) is 7.24. The van der Waals surface area contributed by atoms with E-state index >= 15 is 0 Å². The Morgan fingerprint density at radius 1 is 0.739 bits per heavy atom. The molecule has 0 amide bonds. The van der Waals surface area contributed by atoms with Crippen molar-refractivity contribution < 1.29 is 24.2 Å². The molecule has 2 aliphatic rings. The average Bonchev–Trinajstić information content (AvgIpc) is 3.70. The number of benzene rings is 4. The van der Waals surface area contributed by atoms with Crippen molar-refractivity contribution in [3.8, 4) is 11.1 Å². The van der Waals surface area contributed by atoms with Gasteiger partial charge in [-0.1, -0.05) is 91.3 Å². The molecule has 246 valence electrons. The van der Waals surface area contributed by atoms with Crippen LogP contribution in [0.2, 0.25) is 0 Å². The summed E-state index contributed by atoms with van der Waals surface area (Å²) in [6, 6.07) is 35.4. The Kier molecular flexibility index (Phi) is 20.1. The van der Waals surface area contributed by atoms with Crippen LogP contribution >= 0.6 is 24.8 Å². The molecular formula is C43H52Cl2Zr-4. The van der Waals surface area contributed by atoms with Crippen LogP contribution in [0.15, 0.2) is 109 Å². The molecule has 0 spiro atoms. The number of allylic oxidation sites excluding steroid dienone is 4. The summed E-state index contributed by atoms with van der Waals surface area (Å²) < 4.78 is 3.34. The van der Waals surface area contributed by atoms with Gasteiger partial charge in [0.15, 0.2) is 0 Å². The summed E-state index contributed by atoms with van der Waals surface area (Å²) in [6.45, 7) is 21.6. The molecule has 46 heavy (non-hydrogen) atoms. The first-order valence-corrected chi connectivity index (χ1v) is 17.1. The van der Waals surface area contributed by atoms with E-state index in [1.807, 2.05) is 48.6 Å². The first-order chi connectivity index (χ1) is 20.9. The molecule has 0 saturated heterocycles. The van der Waals surface area contributed by atoms with Crippen molar-refractivity contribution in [3.63, 3.8) is 0 Å². The van der Waals surface area contributed by atoms with Gasteiger partial charge < -0.3 is 0 Å². The standard InChI is InChI=1S/C21H25.C9H11.C7H7.C5H5.CH2.2ClH.Zr/c1-20(2,3)16-7-9-18-14(12-16)11-15-13-17(21(4,5)6)8-10-19(15)18;1-8(2)9-6-4-3-5-7-9;1-7-5-3-2-4-6-7;1-2-4-5-3-1;;;;/h7-10,12H,11H2,1-6H3;3-7H,1-2H3;2-6H,1H2;1-3H,4H2;1H2;2*1H;/q4*-1;;;;. The molecule has 0 fully saturated rings. The molecule has 0 radical (unpaired) electrons. The normalized spacial score (nSPS) is 11.5. The van der Waals surface area contributed by atoms with Crippen molar-refractivity contribution in [3.05, 3.63) is 168 Å². The molecular weight excluding hydrogens is 679 g/mol. The minimum absolute atomic E-state index is 0. The minimum atomic E-state index is 0. The number of rotatable bonds is 1. The molecule has 0 saturated carbocycles. The van der Waals surface area contributed by atoms with Crippen molar-refractivity contribution in [2.24, 2.45) is 0 Å². The number of fused-ring (bicyclic) bond motifs is 3. The van der Waals surface area contributed by atoms with Crippen molar-refractivity contribution in [2.75, 3.05) is 0 Å². The van der Waals surface area contributed by atoms with Gasteiger partial charge in [0.05, 0.1) is 0 Å². The zero-order valence-corrected chi connectivity index (χ0v) is 33.1. The summed E-state index contributed by atoms with van der Waals surface area (Å²) in [4.78, 5) is 0. The van der Waals surface area contributed by atoms with E-state index in [4.69, 9.17) is 0 Å². The summed E-state index contributed by atoms with van der Waals surface area (Å²) in [5.74, 6) is 1.37. The monoisotopic (exact) mass is 728 g/mol. The van der Waals surface area contributed by atoms with Crippen LogP contribution in [0.1, 0.15) is 95.2 Å². The van der Waals surface area contributed by atoms with Crippen molar-refractivity contribution in [1.29, 1.82) is 0 Å². The second-order valence-electron chi connectivity index (χ2n) is 13.2. The molecule has 0 N–H and O–H groups in total. The first-order valence-electron chi connectivity index (χ1n) is 15.4. The van der Waals surface area contributed by atoms with Gasteiger partial charge >= 0.3 is 28.4 Å². The van der Waals surface area contributed by atoms with E-state index in [1.54, 1.807) is 0 Å². The number of hydrogen-bond acceptors (Lipinski definition) is 0. The molecule has 3 heteroatoms. The Hall–Kier alpha value is -2.57. The molecule has 0 nitrogen and oxygen atoms in total. The fourth-order valence-corrected chi connectivity index (χ4v) is 4.62. The summed E-state index contributed by atoms with van der Waals surface area (Å²) in [5.41, 5.74) is 11.1. The molecule has 6 rings (SSSR count). The molecule has 0 aromatic heterocycles. The SMILES string of the molecule is CC(C)(C)c1[c-]c2c(cc1)-c1ccc(C(C)(C)C)cc1C2.C[C-](C)c1ccccc1.Cl.Cl.[C-]1=CC=CC1.[CH2-]c1ccccc1.[CH2]=[Zr]. The van der Waals surface area contributed by atoms with Crippen molar-refractivity contribution in [2.45, 2.75) is 79.1 Å². The van der Waals surface area contributed by atoms with Gasteiger partial charge in [-0.2, -0.15) is 78.1 Å². The third kappa shape index (κ3) is 14.5. The molecule has 0 aliphatic heterocycles. The van der Waals surface area contributed by atoms with Crippen molar-refractivity contribution in [1.82, 2.24) is 0 Å². The maximum absolute atomic E-state index is 3.72. The van der Waals surface area contributed by atoms with E-state index in [2.05, 4.69) is 139 Å². The topological polar surface area (TPSA) is 0 Å². The van der Waals surface area contributed by atoms with Crippen LogP contribution in [-0.2, 0) is 41.5 Å². The quantitative estimate of drug-likeness (QED) is 0.151. The maximum atomic E-state index is 3.72. The fraction of sp³-hybridized carbons (Fsp3) is 0.279. The summed E-state index contributed by atoms with van der Waals surface area (Å²) in [7, 11) is 0. The van der Waals surface area contributed by atoms with E-state index < -0.39 is 0 Å². The van der Waals surface area contributed by atoms with Crippen LogP contribution in [0.5, 0.6) is 0 Å². The van der Waals surface area contributed by atoms with E-state index in [1.165, 1.54) is 69.1 Å². The summed E-state index contributed by atoms with van der Waals surface area (Å²) in [6.07, 6.45) is 11.0. The molecule has 0 heterocycles. The molecule has 0 unspecified atom stereocenters. The van der Waals surface area contributed by atoms with Crippen LogP contribution in [0.4, 0.5) is 0 Å². The Balaban J connectivity index is 0.000000669. The third-order valence-electron chi connectivity index (χ3n) is 7.24. The van der Waals surface area contributed by atoms with Crippen LogP contribution in [-0.4, -0.2) is 4.21 Å². The fourth-order valence-electron chi connectivity index (χ4n) is 4.62. The average molecular weight is 731 g/mol. The van der Waals surface area contributed by atoms with Gasteiger partial charge in [-0.25, -0.2) is 12.2 Å². The first kappa shape index (κ1) is 43.4. The van der Waals surface area contributed by atoms with E-state index in [9.17, 15) is 0 Å². The Bertz CT molecular complexity index is 1400. The van der Waals surface area contributed by atoms with Gasteiger partial charge in [0, 0.05) is 0 Å². The second-order valence-corrected chi connectivity index (χ2v) is 13.2. The summed E-state index contributed by atoms with van der Waals surface area (Å²) >= 11 is 1.30. The van der Waals surface area contributed by atoms with E-state index in [0.29, 0.717) is 0 Å². The van der Waals surface area contributed by atoms with Gasteiger partial charge in [-0.3, -0.25) is 6.08 Å². The Labute approximate surface area is 309 Å². The van der Waals surface area contributed by atoms with E-state index in [-0.39, 0.29) is 35.6 Å². The Morgan fingerprint density at radius 2 is 1.30 bits per heavy atom. The summed E-state index contributed by atoms with van der Waals surface area (Å²) in [5, 5.41) is 0. The van der Waals surface area contributed by atoms with Gasteiger partial charge in [-0.05, 0) is 28.4 Å². The predicted molar refractivity (Wildman–Crippen MR) is 205 cm³/mol. The van der Waals surface area contributed by atoms with E-state index in [0.717, 1.165) is 18.4 Å². The van der Waals surface area contributed by atoms with Crippen LogP contribution in [0, 0.1) is 25.0 Å². The van der Waals surface area contributed by atoms with Crippen molar-refractivity contribution >= 4 is 29.0 Å². The zero-order valence-electron chi connectivity index (χ0n) is 29.0. The van der Waals surface area contributed by atoms with Gasteiger partial charge in [0.1, 0.15) is 0 Å². The van der Waals surface area contributed by atoms with Crippen LogP contribution in [0.25, 0.3) is 11.1 Å². The zero-order chi connectivity index (χ0) is 32.8. The molecule has 0 atom stereocenters. The Morgan fingerprint density at radius 3 is 1.70 bits per heavy atom. The van der Waals surface area contributed by atoms with Crippen LogP contribution < -0.4 is 0 Å².